The van der Waals surface area contributed by atoms with Gasteiger partial charge < -0.3 is 25.4 Å². The molecule has 0 amide bonds. The number of ether oxygens (including phenoxy) is 2. The highest BCUT2D eigenvalue weighted by atomic mass is 19.4. The Balaban J connectivity index is 1.26. The highest BCUT2D eigenvalue weighted by Crippen LogP contribution is 2.43. The third-order valence-electron chi connectivity index (χ3n) is 9.51. The zero-order valence-electron chi connectivity index (χ0n) is 28.3. The van der Waals surface area contributed by atoms with Crippen LogP contribution >= 0.6 is 0 Å². The molecule has 6 rings (SSSR count). The van der Waals surface area contributed by atoms with E-state index in [4.69, 9.17) is 15.2 Å². The van der Waals surface area contributed by atoms with Gasteiger partial charge >= 0.3 is 12.1 Å². The summed E-state index contributed by atoms with van der Waals surface area (Å²) in [6.07, 6.45) is -3.55. The van der Waals surface area contributed by atoms with Crippen molar-refractivity contribution in [1.82, 2.24) is 25.1 Å². The van der Waals surface area contributed by atoms with Crippen LogP contribution < -0.4 is 20.7 Å². The lowest BCUT2D eigenvalue weighted by atomic mass is 9.76. The Kier molecular flexibility index (Phi) is 9.31. The highest BCUT2D eigenvalue weighted by molar-refractivity contribution is 5.76. The van der Waals surface area contributed by atoms with Crippen LogP contribution in [0.25, 0.3) is 16.8 Å². The highest BCUT2D eigenvalue weighted by Gasteiger charge is 2.46. The number of carbonyl (C=O) groups is 1. The number of hydrogen-bond donors (Lipinski definition) is 2. The molecule has 4 heterocycles. The number of hydrogen-bond acceptors (Lipinski definition) is 9. The van der Waals surface area contributed by atoms with Crippen LogP contribution in [0.4, 0.5) is 24.9 Å². The molecule has 2 aliphatic heterocycles. The number of rotatable bonds is 8. The molecule has 260 valence electrons. The molecular formula is C36H42F3N7O3. The summed E-state index contributed by atoms with van der Waals surface area (Å²) in [6.45, 7) is 11.3. The van der Waals surface area contributed by atoms with E-state index in [9.17, 15) is 18.0 Å². The van der Waals surface area contributed by atoms with Gasteiger partial charge in [-0.3, -0.25) is 4.79 Å². The number of esters is 1. The van der Waals surface area contributed by atoms with E-state index in [0.29, 0.717) is 37.6 Å². The Morgan fingerprint density at radius 1 is 1.00 bits per heavy atom. The van der Waals surface area contributed by atoms with Crippen LogP contribution in [0, 0.1) is 26.2 Å². The second-order valence-electron chi connectivity index (χ2n) is 13.5. The maximum atomic E-state index is 14.9. The Morgan fingerprint density at radius 2 is 1.71 bits per heavy atom. The number of benzene rings is 2. The maximum absolute atomic E-state index is 14.9. The zero-order valence-corrected chi connectivity index (χ0v) is 28.3. The minimum absolute atomic E-state index is 0.0822. The fourth-order valence-corrected chi connectivity index (χ4v) is 6.68. The van der Waals surface area contributed by atoms with Crippen molar-refractivity contribution in [3.8, 4) is 22.7 Å². The average molecular weight is 678 g/mol. The Labute approximate surface area is 283 Å². The van der Waals surface area contributed by atoms with Gasteiger partial charge in [-0.25, -0.2) is 4.68 Å². The number of piperidine rings is 1. The van der Waals surface area contributed by atoms with Gasteiger partial charge in [-0.2, -0.15) is 28.2 Å². The number of nitrogen functional groups attached to an aromatic ring is 1. The van der Waals surface area contributed by atoms with E-state index >= 15 is 0 Å². The summed E-state index contributed by atoms with van der Waals surface area (Å²) in [4.78, 5) is 22.9. The second-order valence-corrected chi connectivity index (χ2v) is 13.5. The lowest BCUT2D eigenvalue weighted by Gasteiger charge is -2.39. The summed E-state index contributed by atoms with van der Waals surface area (Å²) < 4.78 is 57.3. The monoisotopic (exact) mass is 677 g/mol. The van der Waals surface area contributed by atoms with Gasteiger partial charge in [-0.05, 0) is 93.7 Å². The summed E-state index contributed by atoms with van der Waals surface area (Å²) in [7, 11) is 0. The minimum Gasteiger partial charge on any atom is -0.462 e. The van der Waals surface area contributed by atoms with Crippen LogP contribution in [0.5, 0.6) is 5.88 Å². The summed E-state index contributed by atoms with van der Waals surface area (Å²) in [5, 5.41) is 7.75. The molecule has 0 aliphatic carbocycles. The van der Waals surface area contributed by atoms with Crippen molar-refractivity contribution in [1.29, 1.82) is 0 Å². The Hall–Kier alpha value is -4.65. The number of carbonyl (C=O) groups excluding carboxylic acids is 1. The Morgan fingerprint density at radius 3 is 2.37 bits per heavy atom. The number of nitrogens with zero attached hydrogens (tertiary/aromatic N) is 5. The largest absolute Gasteiger partial charge is 0.462 e. The van der Waals surface area contributed by atoms with Gasteiger partial charge in [-0.1, -0.05) is 30.3 Å². The number of alkyl halides is 3. The van der Waals surface area contributed by atoms with Crippen LogP contribution in [0.1, 0.15) is 61.6 Å². The Bertz CT molecular complexity index is 1830. The van der Waals surface area contributed by atoms with Crippen molar-refractivity contribution in [3.05, 3.63) is 77.1 Å². The topological polar surface area (TPSA) is 120 Å². The van der Waals surface area contributed by atoms with E-state index in [1.165, 1.54) is 16.8 Å². The van der Waals surface area contributed by atoms with Gasteiger partial charge in [0.05, 0.1) is 17.5 Å². The zero-order chi connectivity index (χ0) is 35.1. The van der Waals surface area contributed by atoms with Crippen LogP contribution in [0.3, 0.4) is 0 Å². The first-order chi connectivity index (χ1) is 23.2. The van der Waals surface area contributed by atoms with Crippen LogP contribution in [0.2, 0.25) is 0 Å². The molecule has 0 unspecified atom stereocenters. The molecule has 3 N–H and O–H groups in total. The molecule has 2 aliphatic rings. The molecule has 0 bridgehead atoms. The van der Waals surface area contributed by atoms with Gasteiger partial charge in [0.2, 0.25) is 17.9 Å². The van der Waals surface area contributed by atoms with Crippen molar-refractivity contribution in [2.75, 3.05) is 30.3 Å². The molecule has 2 aromatic heterocycles. The first-order valence-electron chi connectivity index (χ1n) is 16.5. The van der Waals surface area contributed by atoms with Crippen molar-refractivity contribution in [3.63, 3.8) is 0 Å². The predicted octanol–water partition coefficient (Wildman–Crippen LogP) is 6.42. The molecule has 2 atom stereocenters. The third kappa shape index (κ3) is 7.51. The van der Waals surface area contributed by atoms with Crippen molar-refractivity contribution in [2.24, 2.45) is 5.41 Å². The molecule has 0 saturated carbocycles. The molecule has 13 heteroatoms. The predicted molar refractivity (Wildman–Crippen MR) is 181 cm³/mol. The van der Waals surface area contributed by atoms with E-state index in [1.807, 2.05) is 50.8 Å². The van der Waals surface area contributed by atoms with E-state index in [2.05, 4.69) is 20.4 Å². The fraction of sp³-hybridized carbons (Fsp3) is 0.444. The summed E-state index contributed by atoms with van der Waals surface area (Å²) >= 11 is 0. The SMILES string of the molecule is Cc1ccn(-c2cc(-c3ccc(C)c(C)c3)ccc2[C@@H](Oc2cc(N3CCC4(CC3)CN[C@H](C(=O)OC(C)C)C4)nc(N)n2)C(F)(F)F)n1. The van der Waals surface area contributed by atoms with Crippen molar-refractivity contribution < 1.29 is 27.4 Å². The van der Waals surface area contributed by atoms with Crippen molar-refractivity contribution >= 4 is 17.7 Å². The first kappa shape index (κ1) is 34.2. The van der Waals surface area contributed by atoms with Gasteiger partial charge in [0.1, 0.15) is 11.9 Å². The molecule has 49 heavy (non-hydrogen) atoms. The summed E-state index contributed by atoms with van der Waals surface area (Å²) in [5.74, 6) is -0.344. The third-order valence-corrected chi connectivity index (χ3v) is 9.51. The summed E-state index contributed by atoms with van der Waals surface area (Å²) in [6, 6.07) is 13.5. The fourth-order valence-electron chi connectivity index (χ4n) is 6.68. The van der Waals surface area contributed by atoms with Crippen LogP contribution in [-0.2, 0) is 9.53 Å². The number of halogens is 3. The van der Waals surface area contributed by atoms with Gasteiger partial charge in [0.25, 0.3) is 0 Å². The van der Waals surface area contributed by atoms with Gasteiger partial charge in [0.15, 0.2) is 0 Å². The maximum Gasteiger partial charge on any atom is 0.429 e. The average Bonchev–Trinajstić information content (AvgIpc) is 3.67. The number of aromatic nitrogens is 4. The van der Waals surface area contributed by atoms with E-state index in [1.54, 1.807) is 31.3 Å². The first-order valence-corrected chi connectivity index (χ1v) is 16.5. The standard InChI is InChI=1S/C36H42F3N7O3/c1-21(2)48-33(47)28-19-35(20-41-28)11-14-45(15-12-35)30-18-31(43-34(40)42-30)49-32(36(37,38)39)27-9-8-26(25-7-6-22(3)23(4)16-25)17-29(27)46-13-10-24(5)44-46/h6-10,13,16-18,21,28,32,41H,11-12,14-15,19-20H2,1-5H3,(H2,40,42,43)/t28-,32+/m0/s1. The minimum atomic E-state index is -4.81. The van der Waals surface area contributed by atoms with E-state index in [0.717, 1.165) is 35.1 Å². The summed E-state index contributed by atoms with van der Waals surface area (Å²) in [5.41, 5.74) is 10.5. The van der Waals surface area contributed by atoms with E-state index < -0.39 is 12.3 Å². The molecule has 0 radical (unpaired) electrons. The van der Waals surface area contributed by atoms with Gasteiger partial charge in [-0.15, -0.1) is 0 Å². The lowest BCUT2D eigenvalue weighted by molar-refractivity contribution is -0.198. The molecule has 10 nitrogen and oxygen atoms in total. The molecule has 2 saturated heterocycles. The second kappa shape index (κ2) is 13.3. The lowest BCUT2D eigenvalue weighted by Crippen LogP contribution is -2.41. The smallest absolute Gasteiger partial charge is 0.429 e. The molecular weight excluding hydrogens is 635 g/mol. The number of nitrogens with two attached hydrogens (primary N) is 1. The van der Waals surface area contributed by atoms with Crippen LogP contribution in [0.15, 0.2) is 54.7 Å². The number of anilines is 2. The van der Waals surface area contributed by atoms with E-state index in [-0.39, 0.29) is 46.6 Å². The molecule has 4 aromatic rings. The molecule has 2 fully saturated rings. The van der Waals surface area contributed by atoms with Crippen molar-refractivity contribution in [2.45, 2.75) is 78.3 Å². The normalized spacial score (nSPS) is 18.2. The molecule has 2 aromatic carbocycles. The van der Waals surface area contributed by atoms with Crippen LogP contribution in [-0.4, -0.2) is 63.7 Å². The molecule has 1 spiro atoms. The number of nitrogens with one attached hydrogen (secondary N) is 1. The quantitative estimate of drug-likeness (QED) is 0.204. The number of aryl methyl sites for hydroxylation is 3. The van der Waals surface area contributed by atoms with Gasteiger partial charge in [0, 0.05) is 37.5 Å².